The maximum atomic E-state index is 10.3. The van der Waals surface area contributed by atoms with E-state index in [4.69, 9.17) is 10.2 Å². The molecule has 0 aromatic rings. The van der Waals surface area contributed by atoms with Gasteiger partial charge in [-0.3, -0.25) is 4.79 Å². The molecule has 16 heavy (non-hydrogen) atoms. The summed E-state index contributed by atoms with van der Waals surface area (Å²) in [5.41, 5.74) is 0. The Morgan fingerprint density at radius 2 is 2.06 bits per heavy atom. The van der Waals surface area contributed by atoms with Crippen LogP contribution in [0.5, 0.6) is 0 Å². The summed E-state index contributed by atoms with van der Waals surface area (Å²) >= 11 is 1.92. The molecule has 1 aliphatic heterocycles. The summed E-state index contributed by atoms with van der Waals surface area (Å²) in [7, 11) is 0. The largest absolute Gasteiger partial charge is 0.481 e. The summed E-state index contributed by atoms with van der Waals surface area (Å²) in [6, 6.07) is 0. The number of carboxylic acids is 1. The third kappa shape index (κ3) is 5.03. The fraction of sp³-hybridized carbons (Fsp3) is 0.750. The van der Waals surface area contributed by atoms with E-state index in [-0.39, 0.29) is 6.42 Å². The molecule has 92 valence electrons. The molecule has 0 saturated carbocycles. The van der Waals surface area contributed by atoms with Crippen molar-refractivity contribution < 1.29 is 15.0 Å². The van der Waals surface area contributed by atoms with E-state index in [0.717, 1.165) is 24.3 Å². The number of aliphatic carboxylic acids is 1. The molecular formula is C12H20O3S. The van der Waals surface area contributed by atoms with Crippen LogP contribution in [0, 0.1) is 11.8 Å². The Hall–Kier alpha value is -0.480. The SMILES string of the molecule is O=C(O)CCCC=CC[C@H]1CSC[C@@H]1CO. The molecular weight excluding hydrogens is 224 g/mol. The van der Waals surface area contributed by atoms with Gasteiger partial charge in [0.05, 0.1) is 0 Å². The highest BCUT2D eigenvalue weighted by Crippen LogP contribution is 2.32. The first-order valence-corrected chi connectivity index (χ1v) is 6.95. The summed E-state index contributed by atoms with van der Waals surface area (Å²) in [4.78, 5) is 10.3. The van der Waals surface area contributed by atoms with E-state index in [1.54, 1.807) is 0 Å². The molecule has 2 atom stereocenters. The van der Waals surface area contributed by atoms with Crippen molar-refractivity contribution in [1.29, 1.82) is 0 Å². The number of aliphatic hydroxyl groups excluding tert-OH is 1. The third-order valence-corrected chi connectivity index (χ3v) is 4.26. The smallest absolute Gasteiger partial charge is 0.303 e. The molecule has 0 amide bonds. The van der Waals surface area contributed by atoms with E-state index in [1.807, 2.05) is 11.8 Å². The van der Waals surface area contributed by atoms with Crippen molar-refractivity contribution in [2.75, 3.05) is 18.1 Å². The molecule has 1 saturated heterocycles. The van der Waals surface area contributed by atoms with Crippen LogP contribution in [0.3, 0.4) is 0 Å². The number of allylic oxidation sites excluding steroid dienone is 2. The van der Waals surface area contributed by atoms with Crippen LogP contribution in [-0.4, -0.2) is 34.3 Å². The van der Waals surface area contributed by atoms with Crippen LogP contribution < -0.4 is 0 Å². The van der Waals surface area contributed by atoms with Gasteiger partial charge in [0.1, 0.15) is 0 Å². The highest BCUT2D eigenvalue weighted by molar-refractivity contribution is 7.99. The Morgan fingerprint density at radius 3 is 2.75 bits per heavy atom. The highest BCUT2D eigenvalue weighted by atomic mass is 32.2. The van der Waals surface area contributed by atoms with Crippen molar-refractivity contribution in [3.05, 3.63) is 12.2 Å². The number of thioether (sulfide) groups is 1. The first-order valence-electron chi connectivity index (χ1n) is 5.79. The van der Waals surface area contributed by atoms with Gasteiger partial charge in [-0.05, 0) is 42.6 Å². The Balaban J connectivity index is 2.09. The molecule has 1 fully saturated rings. The lowest BCUT2D eigenvalue weighted by atomic mass is 9.93. The number of unbranched alkanes of at least 4 members (excludes halogenated alkanes) is 1. The van der Waals surface area contributed by atoms with E-state index in [2.05, 4.69) is 12.2 Å². The average molecular weight is 244 g/mol. The van der Waals surface area contributed by atoms with E-state index in [0.29, 0.717) is 24.9 Å². The number of carbonyl (C=O) groups is 1. The average Bonchev–Trinajstić information content (AvgIpc) is 2.70. The van der Waals surface area contributed by atoms with Crippen LogP contribution in [0.4, 0.5) is 0 Å². The van der Waals surface area contributed by atoms with E-state index in [9.17, 15) is 4.79 Å². The van der Waals surface area contributed by atoms with Crippen LogP contribution in [0.15, 0.2) is 12.2 Å². The van der Waals surface area contributed by atoms with Gasteiger partial charge in [-0.1, -0.05) is 12.2 Å². The van der Waals surface area contributed by atoms with Crippen molar-refractivity contribution in [2.24, 2.45) is 11.8 Å². The van der Waals surface area contributed by atoms with Gasteiger partial charge in [-0.2, -0.15) is 11.8 Å². The maximum Gasteiger partial charge on any atom is 0.303 e. The molecule has 0 aliphatic carbocycles. The van der Waals surface area contributed by atoms with Crippen LogP contribution in [0.25, 0.3) is 0 Å². The fourth-order valence-corrected chi connectivity index (χ4v) is 3.39. The number of rotatable bonds is 7. The van der Waals surface area contributed by atoms with Gasteiger partial charge in [-0.15, -0.1) is 0 Å². The van der Waals surface area contributed by atoms with Crippen LogP contribution in [-0.2, 0) is 4.79 Å². The van der Waals surface area contributed by atoms with Crippen LogP contribution in [0.1, 0.15) is 25.7 Å². The summed E-state index contributed by atoms with van der Waals surface area (Å²) < 4.78 is 0. The highest BCUT2D eigenvalue weighted by Gasteiger charge is 2.25. The van der Waals surface area contributed by atoms with Gasteiger partial charge in [-0.25, -0.2) is 0 Å². The number of hydrogen-bond acceptors (Lipinski definition) is 3. The topological polar surface area (TPSA) is 57.5 Å². The summed E-state index contributed by atoms with van der Waals surface area (Å²) in [6.45, 7) is 0.296. The van der Waals surface area contributed by atoms with Crippen molar-refractivity contribution in [3.8, 4) is 0 Å². The standard InChI is InChI=1S/C12H20O3S/c13-7-11-9-16-8-10(11)5-3-1-2-4-6-12(14)15/h1,3,10-11,13H,2,4-9H2,(H,14,15)/t10-,11-/m0/s1. The molecule has 0 radical (unpaired) electrons. The molecule has 4 heteroatoms. The van der Waals surface area contributed by atoms with Crippen LogP contribution in [0.2, 0.25) is 0 Å². The number of hydrogen-bond donors (Lipinski definition) is 2. The van der Waals surface area contributed by atoms with Crippen LogP contribution >= 0.6 is 11.8 Å². The number of aliphatic hydroxyl groups is 1. The van der Waals surface area contributed by atoms with Gasteiger partial charge in [0.15, 0.2) is 0 Å². The molecule has 0 unspecified atom stereocenters. The van der Waals surface area contributed by atoms with E-state index >= 15 is 0 Å². The Bertz CT molecular complexity index is 240. The normalized spacial score (nSPS) is 25.3. The Kier molecular flexibility index (Phi) is 6.57. The lowest BCUT2D eigenvalue weighted by Crippen LogP contribution is -2.15. The minimum atomic E-state index is -0.721. The molecule has 2 N–H and O–H groups in total. The Labute approximate surface area is 101 Å². The zero-order valence-electron chi connectivity index (χ0n) is 9.47. The molecule has 0 bridgehead atoms. The molecule has 1 aliphatic rings. The molecule has 1 heterocycles. The predicted octanol–water partition coefficient (Wildman–Crippen LogP) is 2.16. The fourth-order valence-electron chi connectivity index (χ4n) is 1.87. The van der Waals surface area contributed by atoms with Gasteiger partial charge >= 0.3 is 5.97 Å². The third-order valence-electron chi connectivity index (χ3n) is 2.93. The lowest BCUT2D eigenvalue weighted by Gasteiger charge is -2.13. The van der Waals surface area contributed by atoms with Gasteiger partial charge in [0.2, 0.25) is 0 Å². The molecule has 0 spiro atoms. The summed E-state index contributed by atoms with van der Waals surface area (Å²) in [6.07, 6.45) is 7.04. The minimum absolute atomic E-state index is 0.253. The molecule has 1 rings (SSSR count). The molecule has 0 aromatic carbocycles. The second-order valence-electron chi connectivity index (χ2n) is 4.23. The van der Waals surface area contributed by atoms with Gasteiger partial charge in [0.25, 0.3) is 0 Å². The monoisotopic (exact) mass is 244 g/mol. The Morgan fingerprint density at radius 1 is 1.31 bits per heavy atom. The lowest BCUT2D eigenvalue weighted by molar-refractivity contribution is -0.137. The van der Waals surface area contributed by atoms with Gasteiger partial charge in [0, 0.05) is 13.0 Å². The van der Waals surface area contributed by atoms with Gasteiger partial charge < -0.3 is 10.2 Å². The van der Waals surface area contributed by atoms with Crippen molar-refractivity contribution in [1.82, 2.24) is 0 Å². The first-order chi connectivity index (χ1) is 7.74. The zero-order valence-corrected chi connectivity index (χ0v) is 10.3. The van der Waals surface area contributed by atoms with Crippen molar-refractivity contribution >= 4 is 17.7 Å². The summed E-state index contributed by atoms with van der Waals surface area (Å²) in [5.74, 6) is 2.55. The summed E-state index contributed by atoms with van der Waals surface area (Å²) in [5, 5.41) is 17.6. The first kappa shape index (κ1) is 13.6. The predicted molar refractivity (Wildman–Crippen MR) is 66.6 cm³/mol. The number of carboxylic acid groups (broad SMARTS) is 1. The molecule has 0 aromatic heterocycles. The quantitative estimate of drug-likeness (QED) is 0.532. The maximum absolute atomic E-state index is 10.3. The van der Waals surface area contributed by atoms with Crippen molar-refractivity contribution in [2.45, 2.75) is 25.7 Å². The second-order valence-corrected chi connectivity index (χ2v) is 5.31. The minimum Gasteiger partial charge on any atom is -0.481 e. The molecule has 3 nitrogen and oxygen atoms in total. The van der Waals surface area contributed by atoms with E-state index < -0.39 is 5.97 Å². The van der Waals surface area contributed by atoms with Crippen molar-refractivity contribution in [3.63, 3.8) is 0 Å². The second kappa shape index (κ2) is 7.74. The zero-order chi connectivity index (χ0) is 11.8. The van der Waals surface area contributed by atoms with E-state index in [1.165, 1.54) is 0 Å².